The van der Waals surface area contributed by atoms with Crippen LogP contribution in [-0.2, 0) is 19.4 Å². The Kier molecular flexibility index (Phi) is 5.16. The Morgan fingerprint density at radius 1 is 1.42 bits per heavy atom. The molecule has 0 radical (unpaired) electrons. The zero-order valence-electron chi connectivity index (χ0n) is 14.2. The number of carboxylic acids is 1. The van der Waals surface area contributed by atoms with Gasteiger partial charge in [0, 0.05) is 45.3 Å². The summed E-state index contributed by atoms with van der Waals surface area (Å²) in [6.07, 6.45) is 1.72. The molecule has 6 heteroatoms. The van der Waals surface area contributed by atoms with Gasteiger partial charge in [-0.1, -0.05) is 0 Å². The molecule has 2 aromatic rings. The number of carbonyl (C=O) groups is 1. The summed E-state index contributed by atoms with van der Waals surface area (Å²) in [5, 5.41) is 13.8. The summed E-state index contributed by atoms with van der Waals surface area (Å²) in [4.78, 5) is 20.7. The van der Waals surface area contributed by atoms with E-state index in [2.05, 4.69) is 21.7 Å². The molecule has 0 amide bonds. The molecule has 1 N–H and O–H groups in total. The number of fused-ring (bicyclic) bond motifs is 1. The maximum absolute atomic E-state index is 11.6. The van der Waals surface area contributed by atoms with E-state index in [0.717, 1.165) is 50.3 Å². The van der Waals surface area contributed by atoms with Crippen LogP contribution in [0.5, 0.6) is 0 Å². The van der Waals surface area contributed by atoms with Crippen LogP contribution in [0.4, 0.5) is 5.82 Å². The molecule has 1 aliphatic rings. The molecule has 24 heavy (non-hydrogen) atoms. The second-order valence-corrected chi connectivity index (χ2v) is 6.97. The minimum atomic E-state index is -0.903. The second-order valence-electron chi connectivity index (χ2n) is 6.19. The van der Waals surface area contributed by atoms with Crippen LogP contribution in [0.3, 0.4) is 0 Å². The molecule has 3 heterocycles. The number of nitrogens with zero attached hydrogens (tertiary/aromatic N) is 3. The lowest BCUT2D eigenvalue weighted by Crippen LogP contribution is -2.25. The molecule has 0 bridgehead atoms. The van der Waals surface area contributed by atoms with Gasteiger partial charge in [-0.15, -0.1) is 0 Å². The lowest BCUT2D eigenvalue weighted by Gasteiger charge is -2.20. The van der Waals surface area contributed by atoms with Gasteiger partial charge in [-0.25, -0.2) is 9.78 Å². The predicted molar refractivity (Wildman–Crippen MR) is 97.1 cm³/mol. The number of aromatic nitrogens is 1. The van der Waals surface area contributed by atoms with Crippen molar-refractivity contribution in [2.24, 2.45) is 0 Å². The van der Waals surface area contributed by atoms with Crippen molar-refractivity contribution in [2.75, 3.05) is 31.6 Å². The van der Waals surface area contributed by atoms with Crippen LogP contribution in [0, 0.1) is 0 Å². The first-order chi connectivity index (χ1) is 11.6. The van der Waals surface area contributed by atoms with E-state index in [9.17, 15) is 9.90 Å². The van der Waals surface area contributed by atoms with Crippen molar-refractivity contribution in [2.45, 2.75) is 26.3 Å². The van der Waals surface area contributed by atoms with E-state index in [-0.39, 0.29) is 0 Å². The molecule has 0 aliphatic carbocycles. The smallest absolute Gasteiger partial charge is 0.339 e. The summed E-state index contributed by atoms with van der Waals surface area (Å²) in [6, 6.07) is 4.00. The first-order valence-electron chi connectivity index (χ1n) is 8.29. The largest absolute Gasteiger partial charge is 0.478 e. The van der Waals surface area contributed by atoms with E-state index >= 15 is 0 Å². The Balaban J connectivity index is 1.84. The molecule has 0 unspecified atom stereocenters. The van der Waals surface area contributed by atoms with Crippen LogP contribution in [-0.4, -0.2) is 47.6 Å². The number of thiophene rings is 1. The molecule has 0 fully saturated rings. The summed E-state index contributed by atoms with van der Waals surface area (Å²) in [6.45, 7) is 5.58. The number of aromatic carboxylic acids is 1. The maximum Gasteiger partial charge on any atom is 0.339 e. The monoisotopic (exact) mass is 345 g/mol. The lowest BCUT2D eigenvalue weighted by molar-refractivity contribution is 0.0697. The molecule has 0 saturated heterocycles. The van der Waals surface area contributed by atoms with Gasteiger partial charge in [-0.05, 0) is 47.4 Å². The fourth-order valence-corrected chi connectivity index (χ4v) is 3.73. The Hall–Kier alpha value is -1.92. The highest BCUT2D eigenvalue weighted by atomic mass is 32.1. The van der Waals surface area contributed by atoms with E-state index in [1.54, 1.807) is 11.3 Å². The van der Waals surface area contributed by atoms with E-state index in [0.29, 0.717) is 11.4 Å². The number of rotatable bonds is 5. The van der Waals surface area contributed by atoms with Crippen LogP contribution in [0.15, 0.2) is 22.9 Å². The molecule has 0 atom stereocenters. The molecule has 0 aromatic carbocycles. The Morgan fingerprint density at radius 2 is 2.21 bits per heavy atom. The predicted octanol–water partition coefficient (Wildman–Crippen LogP) is 2.90. The Bertz CT molecular complexity index is 715. The summed E-state index contributed by atoms with van der Waals surface area (Å²) in [5.74, 6) is -0.324. The van der Waals surface area contributed by atoms with Gasteiger partial charge in [-0.2, -0.15) is 11.3 Å². The number of carboxylic acid groups (broad SMARTS) is 1. The Morgan fingerprint density at radius 3 is 2.88 bits per heavy atom. The molecule has 0 saturated carbocycles. The first kappa shape index (κ1) is 16.9. The van der Waals surface area contributed by atoms with Crippen LogP contribution < -0.4 is 4.90 Å². The topological polar surface area (TPSA) is 56.7 Å². The normalized spacial score (nSPS) is 14.9. The minimum absolute atomic E-state index is 0.310. The van der Waals surface area contributed by atoms with Crippen molar-refractivity contribution < 1.29 is 9.90 Å². The quantitative estimate of drug-likeness (QED) is 0.903. The van der Waals surface area contributed by atoms with E-state index in [4.69, 9.17) is 4.98 Å². The second kappa shape index (κ2) is 7.32. The molecule has 1 aliphatic heterocycles. The van der Waals surface area contributed by atoms with Crippen molar-refractivity contribution in [3.05, 3.63) is 45.3 Å². The van der Waals surface area contributed by atoms with E-state index < -0.39 is 5.97 Å². The van der Waals surface area contributed by atoms with E-state index in [1.165, 1.54) is 5.56 Å². The number of pyridine rings is 1. The summed E-state index contributed by atoms with van der Waals surface area (Å²) < 4.78 is 0. The van der Waals surface area contributed by atoms with Crippen molar-refractivity contribution in [3.8, 4) is 0 Å². The van der Waals surface area contributed by atoms with Crippen LogP contribution >= 0.6 is 11.3 Å². The average Bonchev–Trinajstić information content (AvgIpc) is 3.01. The van der Waals surface area contributed by atoms with Crippen LogP contribution in [0.1, 0.15) is 34.1 Å². The molecule has 0 spiro atoms. The third-order valence-corrected chi connectivity index (χ3v) is 5.32. The summed E-state index contributed by atoms with van der Waals surface area (Å²) in [5.41, 5.74) is 3.78. The highest BCUT2D eigenvalue weighted by Crippen LogP contribution is 2.24. The molecule has 128 valence electrons. The zero-order valence-corrected chi connectivity index (χ0v) is 15.0. The minimum Gasteiger partial charge on any atom is -0.478 e. The van der Waals surface area contributed by atoms with Crippen molar-refractivity contribution in [1.82, 2.24) is 9.88 Å². The highest BCUT2D eigenvalue weighted by Gasteiger charge is 2.22. The fourth-order valence-electron chi connectivity index (χ4n) is 3.07. The van der Waals surface area contributed by atoms with Crippen LogP contribution in [0.25, 0.3) is 0 Å². The first-order valence-corrected chi connectivity index (χ1v) is 9.23. The third kappa shape index (κ3) is 3.60. The molecule has 3 rings (SSSR count). The molecule has 2 aromatic heterocycles. The van der Waals surface area contributed by atoms with Gasteiger partial charge in [0.05, 0.1) is 0 Å². The lowest BCUT2D eigenvalue weighted by atomic mass is 10.1. The number of hydrogen-bond acceptors (Lipinski definition) is 5. The van der Waals surface area contributed by atoms with Gasteiger partial charge in [0.1, 0.15) is 11.4 Å². The van der Waals surface area contributed by atoms with Gasteiger partial charge in [0.25, 0.3) is 0 Å². The SMILES string of the molecule is CCN(C)c1nc2c(cc1C(=O)O)CCN(Cc1ccsc1)CC2. The zero-order chi connectivity index (χ0) is 17.1. The number of anilines is 1. The van der Waals surface area contributed by atoms with Gasteiger partial charge < -0.3 is 10.0 Å². The van der Waals surface area contributed by atoms with Gasteiger partial charge in [-0.3, -0.25) is 4.90 Å². The fraction of sp³-hybridized carbons (Fsp3) is 0.444. The van der Waals surface area contributed by atoms with Gasteiger partial charge in [0.15, 0.2) is 0 Å². The Labute approximate surface area is 146 Å². The number of hydrogen-bond donors (Lipinski definition) is 1. The third-order valence-electron chi connectivity index (χ3n) is 4.59. The van der Waals surface area contributed by atoms with Crippen molar-refractivity contribution >= 4 is 23.1 Å². The van der Waals surface area contributed by atoms with Crippen LogP contribution in [0.2, 0.25) is 0 Å². The van der Waals surface area contributed by atoms with Crippen molar-refractivity contribution in [1.29, 1.82) is 0 Å². The average molecular weight is 345 g/mol. The van der Waals surface area contributed by atoms with Gasteiger partial charge in [0.2, 0.25) is 0 Å². The van der Waals surface area contributed by atoms with Gasteiger partial charge >= 0.3 is 5.97 Å². The molecular weight excluding hydrogens is 322 g/mol. The van der Waals surface area contributed by atoms with Crippen molar-refractivity contribution in [3.63, 3.8) is 0 Å². The van der Waals surface area contributed by atoms with E-state index in [1.807, 2.05) is 24.9 Å². The molecular formula is C18H23N3O2S. The summed E-state index contributed by atoms with van der Waals surface area (Å²) >= 11 is 1.72. The molecule has 5 nitrogen and oxygen atoms in total. The highest BCUT2D eigenvalue weighted by molar-refractivity contribution is 7.07. The standard InChI is InChI=1S/C18H23N3O2S/c1-3-20(2)17-15(18(22)23)10-14-4-7-21(8-5-16(14)19-17)11-13-6-9-24-12-13/h6,9-10,12H,3-5,7-8,11H2,1-2H3,(H,22,23). The maximum atomic E-state index is 11.6. The summed E-state index contributed by atoms with van der Waals surface area (Å²) in [7, 11) is 1.89.